The van der Waals surface area contributed by atoms with Gasteiger partial charge in [0.25, 0.3) is 0 Å². The van der Waals surface area contributed by atoms with Gasteiger partial charge < -0.3 is 14.8 Å². The minimum absolute atomic E-state index is 0.305. The number of aryl methyl sites for hydroxylation is 1. The van der Waals surface area contributed by atoms with Crippen molar-refractivity contribution in [2.45, 2.75) is 39.2 Å². The zero-order valence-corrected chi connectivity index (χ0v) is 11.1. The van der Waals surface area contributed by atoms with Gasteiger partial charge in [-0.1, -0.05) is 6.92 Å². The van der Waals surface area contributed by atoms with Crippen molar-refractivity contribution in [1.29, 1.82) is 0 Å². The SMILES string of the molecule is CCCOc1cc(C)nc(NC2CCCOC2)n1. The highest BCUT2D eigenvalue weighted by molar-refractivity contribution is 5.31. The fourth-order valence-electron chi connectivity index (χ4n) is 1.92. The van der Waals surface area contributed by atoms with Crippen LogP contribution in [0.5, 0.6) is 5.88 Å². The topological polar surface area (TPSA) is 56.3 Å². The molecule has 2 heterocycles. The van der Waals surface area contributed by atoms with Crippen LogP contribution >= 0.6 is 0 Å². The molecule has 5 heteroatoms. The van der Waals surface area contributed by atoms with Gasteiger partial charge in [-0.15, -0.1) is 0 Å². The van der Waals surface area contributed by atoms with Crippen molar-refractivity contribution in [3.8, 4) is 5.88 Å². The van der Waals surface area contributed by atoms with Crippen LogP contribution in [0, 0.1) is 6.92 Å². The van der Waals surface area contributed by atoms with E-state index >= 15 is 0 Å². The molecule has 1 N–H and O–H groups in total. The second kappa shape index (κ2) is 6.54. The first kappa shape index (κ1) is 13.1. The lowest BCUT2D eigenvalue weighted by molar-refractivity contribution is 0.0873. The number of rotatable bonds is 5. The van der Waals surface area contributed by atoms with Gasteiger partial charge in [-0.2, -0.15) is 4.98 Å². The smallest absolute Gasteiger partial charge is 0.226 e. The van der Waals surface area contributed by atoms with Crippen LogP contribution in [0.2, 0.25) is 0 Å². The maximum Gasteiger partial charge on any atom is 0.226 e. The van der Waals surface area contributed by atoms with Gasteiger partial charge in [0.05, 0.1) is 19.3 Å². The first-order valence-corrected chi connectivity index (χ1v) is 6.60. The standard InChI is InChI=1S/C13H21N3O2/c1-3-6-18-12-8-10(2)14-13(16-12)15-11-5-4-7-17-9-11/h8,11H,3-7,9H2,1-2H3,(H,14,15,16). The van der Waals surface area contributed by atoms with E-state index < -0.39 is 0 Å². The second-order valence-electron chi connectivity index (χ2n) is 4.58. The summed E-state index contributed by atoms with van der Waals surface area (Å²) in [6.45, 7) is 6.29. The largest absolute Gasteiger partial charge is 0.478 e. The molecule has 0 radical (unpaired) electrons. The van der Waals surface area contributed by atoms with Gasteiger partial charge in [-0.3, -0.25) is 0 Å². The van der Waals surface area contributed by atoms with E-state index in [1.165, 1.54) is 0 Å². The predicted octanol–water partition coefficient (Wildman–Crippen LogP) is 2.16. The molecule has 1 aliphatic heterocycles. The molecule has 0 aliphatic carbocycles. The normalized spacial score (nSPS) is 19.6. The molecule has 0 bridgehead atoms. The van der Waals surface area contributed by atoms with E-state index in [4.69, 9.17) is 9.47 Å². The third kappa shape index (κ3) is 3.84. The fraction of sp³-hybridized carbons (Fsp3) is 0.692. The summed E-state index contributed by atoms with van der Waals surface area (Å²) in [7, 11) is 0. The molecule has 2 rings (SSSR count). The number of hydrogen-bond acceptors (Lipinski definition) is 5. The van der Waals surface area contributed by atoms with Crippen molar-refractivity contribution in [3.63, 3.8) is 0 Å². The highest BCUT2D eigenvalue weighted by Crippen LogP contribution is 2.15. The molecule has 1 saturated heterocycles. The summed E-state index contributed by atoms with van der Waals surface area (Å²) in [5, 5.41) is 3.31. The van der Waals surface area contributed by atoms with E-state index in [9.17, 15) is 0 Å². The van der Waals surface area contributed by atoms with Gasteiger partial charge in [0.2, 0.25) is 11.8 Å². The third-order valence-corrected chi connectivity index (χ3v) is 2.78. The van der Waals surface area contributed by atoms with Crippen LogP contribution in [0.15, 0.2) is 6.07 Å². The van der Waals surface area contributed by atoms with Gasteiger partial charge in [0.15, 0.2) is 0 Å². The van der Waals surface area contributed by atoms with Crippen LogP contribution in [-0.4, -0.2) is 35.8 Å². The van der Waals surface area contributed by atoms with Crippen molar-refractivity contribution in [2.24, 2.45) is 0 Å². The first-order chi connectivity index (χ1) is 8.78. The molecule has 1 aromatic rings. The molecule has 1 aromatic heterocycles. The Morgan fingerprint density at radius 1 is 1.50 bits per heavy atom. The van der Waals surface area contributed by atoms with Crippen molar-refractivity contribution in [3.05, 3.63) is 11.8 Å². The van der Waals surface area contributed by atoms with E-state index in [0.717, 1.165) is 38.2 Å². The Bertz CT molecular complexity index is 378. The maximum atomic E-state index is 5.54. The lowest BCUT2D eigenvalue weighted by Gasteiger charge is -2.23. The van der Waals surface area contributed by atoms with Gasteiger partial charge in [0, 0.05) is 18.4 Å². The molecule has 1 unspecified atom stereocenters. The molecule has 5 nitrogen and oxygen atoms in total. The summed E-state index contributed by atoms with van der Waals surface area (Å²) >= 11 is 0. The Balaban J connectivity index is 1.99. The minimum atomic E-state index is 0.305. The Hall–Kier alpha value is -1.36. The quantitative estimate of drug-likeness (QED) is 0.869. The molecular formula is C13H21N3O2. The molecule has 0 spiro atoms. The summed E-state index contributed by atoms with van der Waals surface area (Å²) < 4.78 is 11.0. The Kier molecular flexibility index (Phi) is 4.75. The first-order valence-electron chi connectivity index (χ1n) is 6.60. The monoisotopic (exact) mass is 251 g/mol. The molecule has 1 aliphatic rings. The van der Waals surface area contributed by atoms with E-state index in [1.54, 1.807) is 0 Å². The van der Waals surface area contributed by atoms with Crippen LogP contribution in [0.25, 0.3) is 0 Å². The van der Waals surface area contributed by atoms with Gasteiger partial charge >= 0.3 is 0 Å². The molecule has 0 aromatic carbocycles. The van der Waals surface area contributed by atoms with Gasteiger partial charge in [-0.05, 0) is 26.2 Å². The lowest BCUT2D eigenvalue weighted by Crippen LogP contribution is -2.30. The predicted molar refractivity (Wildman–Crippen MR) is 70.0 cm³/mol. The summed E-state index contributed by atoms with van der Waals surface area (Å²) in [6.07, 6.45) is 3.16. The van der Waals surface area contributed by atoms with Gasteiger partial charge in [-0.25, -0.2) is 4.98 Å². The summed E-state index contributed by atoms with van der Waals surface area (Å²) in [6, 6.07) is 2.16. The van der Waals surface area contributed by atoms with Crippen LogP contribution < -0.4 is 10.1 Å². The van der Waals surface area contributed by atoms with Crippen LogP contribution in [0.1, 0.15) is 31.9 Å². The maximum absolute atomic E-state index is 5.54. The van der Waals surface area contributed by atoms with Crippen molar-refractivity contribution < 1.29 is 9.47 Å². The Morgan fingerprint density at radius 3 is 3.11 bits per heavy atom. The molecule has 18 heavy (non-hydrogen) atoms. The summed E-state index contributed by atoms with van der Waals surface area (Å²) in [5.74, 6) is 1.28. The molecule has 0 amide bonds. The minimum Gasteiger partial charge on any atom is -0.478 e. The van der Waals surface area contributed by atoms with Crippen molar-refractivity contribution in [2.75, 3.05) is 25.1 Å². The fourth-order valence-corrected chi connectivity index (χ4v) is 1.92. The Morgan fingerprint density at radius 2 is 2.39 bits per heavy atom. The zero-order valence-electron chi connectivity index (χ0n) is 11.1. The zero-order chi connectivity index (χ0) is 12.8. The van der Waals surface area contributed by atoms with Crippen molar-refractivity contribution >= 4 is 5.95 Å². The second-order valence-corrected chi connectivity index (χ2v) is 4.58. The summed E-state index contributed by atoms with van der Waals surface area (Å²) in [4.78, 5) is 8.74. The molecular weight excluding hydrogens is 230 g/mol. The molecule has 0 saturated carbocycles. The van der Waals surface area contributed by atoms with Crippen molar-refractivity contribution in [1.82, 2.24) is 9.97 Å². The van der Waals surface area contributed by atoms with Crippen LogP contribution in [0.3, 0.4) is 0 Å². The highest BCUT2D eigenvalue weighted by Gasteiger charge is 2.15. The van der Waals surface area contributed by atoms with E-state index in [0.29, 0.717) is 24.5 Å². The number of nitrogens with zero attached hydrogens (tertiary/aromatic N) is 2. The average Bonchev–Trinajstić information content (AvgIpc) is 2.37. The van der Waals surface area contributed by atoms with Gasteiger partial charge in [0.1, 0.15) is 0 Å². The molecule has 100 valence electrons. The Labute approximate surface area is 108 Å². The number of hydrogen-bond donors (Lipinski definition) is 1. The van der Waals surface area contributed by atoms with E-state index in [2.05, 4.69) is 22.2 Å². The lowest BCUT2D eigenvalue weighted by atomic mass is 10.1. The number of aromatic nitrogens is 2. The number of ether oxygens (including phenoxy) is 2. The summed E-state index contributed by atoms with van der Waals surface area (Å²) in [5.41, 5.74) is 0.912. The van der Waals surface area contributed by atoms with Crippen LogP contribution in [-0.2, 0) is 4.74 Å². The number of anilines is 1. The van der Waals surface area contributed by atoms with E-state index in [1.807, 2.05) is 13.0 Å². The average molecular weight is 251 g/mol. The van der Waals surface area contributed by atoms with Crippen LogP contribution in [0.4, 0.5) is 5.95 Å². The molecule has 1 atom stereocenters. The molecule has 1 fully saturated rings. The highest BCUT2D eigenvalue weighted by atomic mass is 16.5. The third-order valence-electron chi connectivity index (χ3n) is 2.78. The number of nitrogens with one attached hydrogen (secondary N) is 1. The van der Waals surface area contributed by atoms with E-state index in [-0.39, 0.29) is 0 Å².